The van der Waals surface area contributed by atoms with E-state index in [4.69, 9.17) is 11.6 Å². The number of piperidine rings is 1. The molecule has 0 atom stereocenters. The molecule has 0 aliphatic carbocycles. The number of carbonyl (C=O) groups excluding carboxylic acids is 1. The zero-order chi connectivity index (χ0) is 11.5. The molecule has 0 spiro atoms. The van der Waals surface area contributed by atoms with Crippen LogP contribution in [-0.4, -0.2) is 23.8 Å². The average Bonchev–Trinajstić information content (AvgIpc) is 2.25. The third-order valence-electron chi connectivity index (χ3n) is 2.82. The van der Waals surface area contributed by atoms with Crippen molar-refractivity contribution in [1.82, 2.24) is 4.90 Å². The van der Waals surface area contributed by atoms with Crippen molar-refractivity contribution >= 4 is 33.3 Å². The van der Waals surface area contributed by atoms with Gasteiger partial charge in [0.2, 0.25) is 0 Å². The number of hydrogen-bond acceptors (Lipinski definition) is 2. The summed E-state index contributed by atoms with van der Waals surface area (Å²) in [6.45, 7) is 2.54. The molecule has 16 heavy (non-hydrogen) atoms. The number of hydrogen-bond donors (Lipinski definition) is 0. The maximum absolute atomic E-state index is 11.1. The van der Waals surface area contributed by atoms with E-state index in [0.29, 0.717) is 18.6 Å². The van der Waals surface area contributed by atoms with Crippen LogP contribution in [0, 0.1) is 0 Å². The van der Waals surface area contributed by atoms with Gasteiger partial charge in [-0.1, -0.05) is 33.6 Å². The summed E-state index contributed by atoms with van der Waals surface area (Å²) < 4.78 is 0.995. The lowest BCUT2D eigenvalue weighted by atomic mass is 10.1. The van der Waals surface area contributed by atoms with Crippen LogP contribution in [0.4, 0.5) is 0 Å². The minimum absolute atomic E-state index is 0.373. The molecule has 0 N–H and O–H groups in total. The van der Waals surface area contributed by atoms with Crippen molar-refractivity contribution in [2.75, 3.05) is 13.1 Å². The number of carbonyl (C=O) groups is 1. The first-order valence-electron chi connectivity index (χ1n) is 5.33. The number of halogens is 2. The Labute approximate surface area is 109 Å². The molecule has 0 saturated carbocycles. The number of rotatable bonds is 2. The Morgan fingerprint density at radius 1 is 1.31 bits per heavy atom. The van der Waals surface area contributed by atoms with Gasteiger partial charge in [-0.3, -0.25) is 9.69 Å². The molecule has 86 valence electrons. The molecule has 0 unspecified atom stereocenters. The van der Waals surface area contributed by atoms with E-state index < -0.39 is 0 Å². The van der Waals surface area contributed by atoms with Crippen molar-refractivity contribution in [1.29, 1.82) is 0 Å². The molecule has 2 nitrogen and oxygen atoms in total. The molecule has 1 aliphatic rings. The van der Waals surface area contributed by atoms with Gasteiger partial charge in [-0.05, 0) is 17.7 Å². The highest BCUT2D eigenvalue weighted by atomic mass is 79.9. The summed E-state index contributed by atoms with van der Waals surface area (Å²) in [5.41, 5.74) is 1.12. The smallest absolute Gasteiger partial charge is 0.135 e. The van der Waals surface area contributed by atoms with Gasteiger partial charge in [0.1, 0.15) is 5.78 Å². The monoisotopic (exact) mass is 301 g/mol. The second kappa shape index (κ2) is 5.30. The van der Waals surface area contributed by atoms with E-state index >= 15 is 0 Å². The Morgan fingerprint density at radius 2 is 2.00 bits per heavy atom. The molecule has 0 radical (unpaired) electrons. The van der Waals surface area contributed by atoms with E-state index in [0.717, 1.165) is 34.7 Å². The normalized spacial score (nSPS) is 17.8. The summed E-state index contributed by atoms with van der Waals surface area (Å²) in [5.74, 6) is 0.373. The molecular formula is C12H13BrClNO. The minimum Gasteiger partial charge on any atom is -0.300 e. The van der Waals surface area contributed by atoms with Crippen LogP contribution in [0.2, 0.25) is 5.02 Å². The maximum Gasteiger partial charge on any atom is 0.135 e. The van der Waals surface area contributed by atoms with Crippen molar-refractivity contribution in [2.45, 2.75) is 19.4 Å². The van der Waals surface area contributed by atoms with E-state index in [-0.39, 0.29) is 0 Å². The lowest BCUT2D eigenvalue weighted by molar-refractivity contribution is -0.121. The Kier molecular flexibility index (Phi) is 4.00. The van der Waals surface area contributed by atoms with Crippen molar-refractivity contribution in [3.63, 3.8) is 0 Å². The van der Waals surface area contributed by atoms with Gasteiger partial charge in [-0.25, -0.2) is 0 Å². The predicted molar refractivity (Wildman–Crippen MR) is 68.7 cm³/mol. The van der Waals surface area contributed by atoms with Crippen LogP contribution in [0.3, 0.4) is 0 Å². The fraction of sp³-hybridized carbons (Fsp3) is 0.417. The van der Waals surface area contributed by atoms with Crippen molar-refractivity contribution in [2.24, 2.45) is 0 Å². The van der Waals surface area contributed by atoms with Gasteiger partial charge in [-0.2, -0.15) is 0 Å². The number of nitrogens with zero attached hydrogens (tertiary/aromatic N) is 1. The molecule has 2 rings (SSSR count). The zero-order valence-corrected chi connectivity index (χ0v) is 11.2. The fourth-order valence-corrected chi connectivity index (χ4v) is 2.58. The van der Waals surface area contributed by atoms with E-state index in [1.54, 1.807) is 0 Å². The molecule has 4 heteroatoms. The molecule has 1 heterocycles. The highest BCUT2D eigenvalue weighted by Gasteiger charge is 2.16. The van der Waals surface area contributed by atoms with E-state index in [1.165, 1.54) is 0 Å². The first-order chi connectivity index (χ1) is 7.65. The Hall–Kier alpha value is -0.380. The second-order valence-corrected chi connectivity index (χ2v) is 5.37. The Balaban J connectivity index is 2.01. The third kappa shape index (κ3) is 3.06. The van der Waals surface area contributed by atoms with Gasteiger partial charge in [0, 0.05) is 42.0 Å². The van der Waals surface area contributed by atoms with Gasteiger partial charge < -0.3 is 0 Å². The molecular weight excluding hydrogens is 289 g/mol. The molecule has 0 bridgehead atoms. The molecule has 1 saturated heterocycles. The summed E-state index contributed by atoms with van der Waals surface area (Å²) in [5, 5.41) is 0.784. The van der Waals surface area contributed by atoms with Crippen LogP contribution < -0.4 is 0 Å². The van der Waals surface area contributed by atoms with Crippen LogP contribution >= 0.6 is 27.5 Å². The summed E-state index contributed by atoms with van der Waals surface area (Å²) in [6, 6.07) is 5.94. The van der Waals surface area contributed by atoms with Gasteiger partial charge in [0.05, 0.1) is 0 Å². The van der Waals surface area contributed by atoms with Gasteiger partial charge in [-0.15, -0.1) is 0 Å². The van der Waals surface area contributed by atoms with Crippen molar-refractivity contribution in [3.8, 4) is 0 Å². The summed E-state index contributed by atoms with van der Waals surface area (Å²) in [7, 11) is 0. The van der Waals surface area contributed by atoms with Crippen LogP contribution in [0.25, 0.3) is 0 Å². The Morgan fingerprint density at radius 3 is 2.62 bits per heavy atom. The van der Waals surface area contributed by atoms with Gasteiger partial charge >= 0.3 is 0 Å². The van der Waals surface area contributed by atoms with Gasteiger partial charge in [0.25, 0.3) is 0 Å². The first kappa shape index (κ1) is 12.1. The number of likely N-dealkylation sites (tertiary alicyclic amines) is 1. The Bertz CT molecular complexity index is 398. The van der Waals surface area contributed by atoms with Crippen LogP contribution in [0.1, 0.15) is 18.4 Å². The van der Waals surface area contributed by atoms with Crippen LogP contribution in [-0.2, 0) is 11.3 Å². The lowest BCUT2D eigenvalue weighted by Crippen LogP contribution is -2.33. The van der Waals surface area contributed by atoms with E-state index in [1.807, 2.05) is 18.2 Å². The molecule has 1 aromatic carbocycles. The summed E-state index contributed by atoms with van der Waals surface area (Å²) in [4.78, 5) is 13.4. The predicted octanol–water partition coefficient (Wildman–Crippen LogP) is 3.27. The average molecular weight is 303 g/mol. The van der Waals surface area contributed by atoms with Crippen LogP contribution in [0.5, 0.6) is 0 Å². The third-order valence-corrected chi connectivity index (χ3v) is 3.67. The first-order valence-corrected chi connectivity index (χ1v) is 6.50. The summed E-state index contributed by atoms with van der Waals surface area (Å²) >= 11 is 9.54. The second-order valence-electron chi connectivity index (χ2n) is 4.05. The highest BCUT2D eigenvalue weighted by molar-refractivity contribution is 9.10. The minimum atomic E-state index is 0.373. The molecule has 0 aromatic heterocycles. The SMILES string of the molecule is O=C1CCN(Cc2ccc(Br)cc2Cl)CC1. The fourth-order valence-electron chi connectivity index (χ4n) is 1.85. The zero-order valence-electron chi connectivity index (χ0n) is 8.88. The van der Waals surface area contributed by atoms with Gasteiger partial charge in [0.15, 0.2) is 0 Å². The number of benzene rings is 1. The highest BCUT2D eigenvalue weighted by Crippen LogP contribution is 2.23. The number of ketones is 1. The maximum atomic E-state index is 11.1. The van der Waals surface area contributed by atoms with Crippen molar-refractivity contribution in [3.05, 3.63) is 33.3 Å². The topological polar surface area (TPSA) is 20.3 Å². The molecule has 1 fully saturated rings. The van der Waals surface area contributed by atoms with Crippen LogP contribution in [0.15, 0.2) is 22.7 Å². The largest absolute Gasteiger partial charge is 0.300 e. The molecule has 0 amide bonds. The van der Waals surface area contributed by atoms with Crippen molar-refractivity contribution < 1.29 is 4.79 Å². The quantitative estimate of drug-likeness (QED) is 0.836. The molecule has 1 aromatic rings. The molecule has 1 aliphatic heterocycles. The van der Waals surface area contributed by atoms with E-state index in [9.17, 15) is 4.79 Å². The number of Topliss-reactive ketones (excluding diaryl/α,β-unsaturated/α-hetero) is 1. The summed E-state index contributed by atoms with van der Waals surface area (Å²) in [6.07, 6.45) is 1.35. The van der Waals surface area contributed by atoms with E-state index in [2.05, 4.69) is 20.8 Å². The standard InChI is InChI=1S/C12H13BrClNO/c13-10-2-1-9(12(14)7-10)8-15-5-3-11(16)4-6-15/h1-2,7H,3-6,8H2. The lowest BCUT2D eigenvalue weighted by Gasteiger charge is -2.26.